The summed E-state index contributed by atoms with van der Waals surface area (Å²) in [4.78, 5) is 30.4. The van der Waals surface area contributed by atoms with E-state index in [1.807, 2.05) is 42.5 Å². The number of carbonyl (C=O) groups excluding carboxylic acids is 1. The third-order valence-corrected chi connectivity index (χ3v) is 4.81. The Morgan fingerprint density at radius 1 is 1.17 bits per heavy atom. The Hall–Kier alpha value is -3.65. The van der Waals surface area contributed by atoms with E-state index >= 15 is 0 Å². The Kier molecular flexibility index (Phi) is 6.48. The Labute approximate surface area is 173 Å². The molecule has 30 heavy (non-hydrogen) atoms. The molecule has 2 aromatic heterocycles. The molecule has 5 N–H and O–H groups in total. The molecule has 3 aromatic rings. The van der Waals surface area contributed by atoms with E-state index in [-0.39, 0.29) is 17.8 Å². The minimum Gasteiger partial charge on any atom is -0.494 e. The first-order chi connectivity index (χ1) is 14.1. The van der Waals surface area contributed by atoms with Gasteiger partial charge < -0.3 is 25.6 Å². The zero-order valence-corrected chi connectivity index (χ0v) is 16.3. The summed E-state index contributed by atoms with van der Waals surface area (Å²) in [6.07, 6.45) is 3.07. The van der Waals surface area contributed by atoms with Gasteiger partial charge in [-0.1, -0.05) is 12.1 Å². The van der Waals surface area contributed by atoms with Crippen LogP contribution in [0.4, 0.5) is 0 Å². The molecule has 1 amide bonds. The zero-order chi connectivity index (χ0) is 20.2. The highest BCUT2D eigenvalue weighted by molar-refractivity contribution is 5.97. The maximum atomic E-state index is 12.0. The van der Waals surface area contributed by atoms with Crippen molar-refractivity contribution in [2.24, 2.45) is 0 Å². The van der Waals surface area contributed by atoms with Gasteiger partial charge in [-0.3, -0.25) is 14.6 Å². The van der Waals surface area contributed by atoms with E-state index in [1.165, 1.54) is 0 Å². The van der Waals surface area contributed by atoms with Crippen LogP contribution in [-0.2, 0) is 11.2 Å². The lowest BCUT2D eigenvalue weighted by Crippen LogP contribution is -2.31. The Morgan fingerprint density at radius 2 is 2.03 bits per heavy atom. The molecule has 0 fully saturated rings. The molecule has 8 heteroatoms. The van der Waals surface area contributed by atoms with Crippen molar-refractivity contribution in [1.29, 1.82) is 0 Å². The quantitative estimate of drug-likeness (QED) is 0.515. The molecule has 0 saturated carbocycles. The molecule has 0 bridgehead atoms. The van der Waals surface area contributed by atoms with Gasteiger partial charge in [0.15, 0.2) is 0 Å². The van der Waals surface area contributed by atoms with Crippen LogP contribution >= 0.6 is 0 Å². The molecule has 1 aliphatic heterocycles. The minimum absolute atomic E-state index is 0. The van der Waals surface area contributed by atoms with E-state index in [4.69, 9.17) is 9.84 Å². The Bertz CT molecular complexity index is 1060. The Balaban J connectivity index is 0.00000256. The first-order valence-electron chi connectivity index (χ1n) is 9.52. The second kappa shape index (κ2) is 9.23. The van der Waals surface area contributed by atoms with Crippen LogP contribution in [0.2, 0.25) is 0 Å². The summed E-state index contributed by atoms with van der Waals surface area (Å²) in [7, 11) is 0. The Morgan fingerprint density at radius 3 is 2.83 bits per heavy atom. The van der Waals surface area contributed by atoms with E-state index in [1.54, 1.807) is 6.20 Å². The maximum absolute atomic E-state index is 12.0. The summed E-state index contributed by atoms with van der Waals surface area (Å²) in [5.74, 6) is -0.199. The summed E-state index contributed by atoms with van der Waals surface area (Å²) in [5.41, 5.74) is 5.18. The number of hydrogen-bond acceptors (Lipinski definition) is 4. The second-order valence-corrected chi connectivity index (χ2v) is 6.88. The number of aromatic nitrogens is 2. The van der Waals surface area contributed by atoms with Gasteiger partial charge in [0.2, 0.25) is 0 Å². The molecular formula is C22H23N3O5. The second-order valence-electron chi connectivity index (χ2n) is 6.88. The average Bonchev–Trinajstić information content (AvgIpc) is 3.17. The van der Waals surface area contributed by atoms with E-state index < -0.39 is 5.97 Å². The van der Waals surface area contributed by atoms with Gasteiger partial charge in [-0.05, 0) is 36.8 Å². The molecule has 0 spiro atoms. The molecule has 0 radical (unpaired) electrons. The van der Waals surface area contributed by atoms with Crippen molar-refractivity contribution in [2.45, 2.75) is 19.3 Å². The van der Waals surface area contributed by atoms with E-state index in [0.717, 1.165) is 34.6 Å². The van der Waals surface area contributed by atoms with Crippen LogP contribution in [-0.4, -0.2) is 45.6 Å². The SMILES string of the molecule is O.O=C(O)CCCOc1cccc(-c2cc(-c3cc4c([nH]3)CCNC4=O)ccn2)c1. The van der Waals surface area contributed by atoms with Gasteiger partial charge in [0.05, 0.1) is 17.9 Å². The highest BCUT2D eigenvalue weighted by atomic mass is 16.5. The normalized spacial score (nSPS) is 12.5. The molecule has 3 heterocycles. The number of H-pyrrole nitrogens is 1. The molecule has 8 nitrogen and oxygen atoms in total. The highest BCUT2D eigenvalue weighted by Gasteiger charge is 2.20. The molecule has 0 atom stereocenters. The van der Waals surface area contributed by atoms with E-state index in [0.29, 0.717) is 30.9 Å². The lowest BCUT2D eigenvalue weighted by atomic mass is 10.1. The molecule has 0 aliphatic carbocycles. The van der Waals surface area contributed by atoms with Gasteiger partial charge >= 0.3 is 5.97 Å². The number of hydrogen-bond donors (Lipinski definition) is 3. The molecule has 0 saturated heterocycles. The third kappa shape index (κ3) is 4.66. The molecular weight excluding hydrogens is 386 g/mol. The van der Waals surface area contributed by atoms with Crippen molar-refractivity contribution < 1.29 is 24.9 Å². The van der Waals surface area contributed by atoms with Gasteiger partial charge in [-0.15, -0.1) is 0 Å². The molecule has 1 aromatic carbocycles. The van der Waals surface area contributed by atoms with Crippen molar-refractivity contribution in [3.05, 3.63) is 59.9 Å². The number of nitrogens with zero attached hydrogens (tertiary/aromatic N) is 1. The summed E-state index contributed by atoms with van der Waals surface area (Å²) >= 11 is 0. The fourth-order valence-electron chi connectivity index (χ4n) is 3.36. The highest BCUT2D eigenvalue weighted by Crippen LogP contribution is 2.28. The number of carbonyl (C=O) groups is 2. The summed E-state index contributed by atoms with van der Waals surface area (Å²) < 4.78 is 5.66. The van der Waals surface area contributed by atoms with Gasteiger partial charge in [-0.25, -0.2) is 0 Å². The number of carboxylic acids is 1. The predicted octanol–water partition coefficient (Wildman–Crippen LogP) is 2.45. The predicted molar refractivity (Wildman–Crippen MR) is 111 cm³/mol. The largest absolute Gasteiger partial charge is 0.494 e. The maximum Gasteiger partial charge on any atom is 0.303 e. The molecule has 0 unspecified atom stereocenters. The third-order valence-electron chi connectivity index (χ3n) is 4.81. The number of rotatable bonds is 7. The summed E-state index contributed by atoms with van der Waals surface area (Å²) in [6.45, 7) is 0.992. The van der Waals surface area contributed by atoms with Crippen LogP contribution in [0.1, 0.15) is 28.9 Å². The van der Waals surface area contributed by atoms with Crippen LogP contribution in [0.25, 0.3) is 22.5 Å². The van der Waals surface area contributed by atoms with Gasteiger partial charge in [0.25, 0.3) is 5.91 Å². The first-order valence-corrected chi connectivity index (χ1v) is 9.52. The summed E-state index contributed by atoms with van der Waals surface area (Å²) in [6, 6.07) is 13.3. The fourth-order valence-corrected chi connectivity index (χ4v) is 3.36. The average molecular weight is 409 g/mol. The van der Waals surface area contributed by atoms with Crippen molar-refractivity contribution in [3.63, 3.8) is 0 Å². The zero-order valence-electron chi connectivity index (χ0n) is 16.3. The monoisotopic (exact) mass is 409 g/mol. The molecule has 156 valence electrons. The number of nitrogens with one attached hydrogen (secondary N) is 2. The number of benzene rings is 1. The fraction of sp³-hybridized carbons (Fsp3) is 0.227. The minimum atomic E-state index is -0.827. The lowest BCUT2D eigenvalue weighted by molar-refractivity contribution is -0.137. The van der Waals surface area contributed by atoms with Crippen molar-refractivity contribution in [3.8, 4) is 28.3 Å². The van der Waals surface area contributed by atoms with Crippen LogP contribution in [0.3, 0.4) is 0 Å². The summed E-state index contributed by atoms with van der Waals surface area (Å²) in [5, 5.41) is 11.6. The van der Waals surface area contributed by atoms with E-state index in [9.17, 15) is 9.59 Å². The van der Waals surface area contributed by atoms with Crippen LogP contribution in [0.5, 0.6) is 5.75 Å². The van der Waals surface area contributed by atoms with E-state index in [2.05, 4.69) is 15.3 Å². The number of ether oxygens (including phenoxy) is 1. The van der Waals surface area contributed by atoms with Crippen LogP contribution < -0.4 is 10.1 Å². The number of pyridine rings is 1. The molecule has 4 rings (SSSR count). The van der Waals surface area contributed by atoms with Crippen LogP contribution in [0.15, 0.2) is 48.7 Å². The molecule has 1 aliphatic rings. The van der Waals surface area contributed by atoms with Gasteiger partial charge in [-0.2, -0.15) is 0 Å². The number of aromatic amines is 1. The van der Waals surface area contributed by atoms with Gasteiger partial charge in [0, 0.05) is 48.1 Å². The van der Waals surface area contributed by atoms with Crippen molar-refractivity contribution in [2.75, 3.05) is 13.2 Å². The standard InChI is InChI=1S/C22H21N3O4.H2O/c26-21(27)5-2-10-29-16-4-1-3-14(11-16)19-12-15(6-8-23-19)20-13-17-18(25-20)7-9-24-22(17)28;/h1,3-4,6,8,11-13,25H,2,5,7,9-10H2,(H,24,28)(H,26,27);1H2. The number of carboxylic acid groups (broad SMARTS) is 1. The lowest BCUT2D eigenvalue weighted by Gasteiger charge is -2.11. The smallest absolute Gasteiger partial charge is 0.303 e. The first kappa shape index (κ1) is 21.1. The van der Waals surface area contributed by atoms with Gasteiger partial charge in [0.1, 0.15) is 5.75 Å². The van der Waals surface area contributed by atoms with Crippen molar-refractivity contribution in [1.82, 2.24) is 15.3 Å². The number of aliphatic carboxylic acids is 1. The van der Waals surface area contributed by atoms with Crippen molar-refractivity contribution >= 4 is 11.9 Å². The number of amides is 1. The number of fused-ring (bicyclic) bond motifs is 1. The topological polar surface area (TPSA) is 136 Å². The van der Waals surface area contributed by atoms with Crippen LogP contribution in [0, 0.1) is 0 Å².